The Morgan fingerprint density at radius 1 is 0.519 bits per heavy atom. The number of thiophene rings is 1. The number of nitrogens with zero attached hydrogens (tertiary/aromatic N) is 2. The summed E-state index contributed by atoms with van der Waals surface area (Å²) in [4.78, 5) is 10.5. The van der Waals surface area contributed by atoms with E-state index in [1.54, 1.807) is 16.9 Å². The lowest BCUT2D eigenvalue weighted by Gasteiger charge is -2.36. The second-order valence-corrected chi connectivity index (χ2v) is 16.7. The van der Waals surface area contributed by atoms with E-state index < -0.39 is 0 Å². The van der Waals surface area contributed by atoms with Crippen molar-refractivity contribution in [1.82, 2.24) is 9.97 Å². The second kappa shape index (κ2) is 11.1. The monoisotopic (exact) mass is 686 g/mol. The molecule has 3 aliphatic rings. The molecule has 0 bridgehead atoms. The first kappa shape index (κ1) is 30.3. The maximum Gasteiger partial charge on any atom is 0.160 e. The first-order chi connectivity index (χ1) is 25.5. The van der Waals surface area contributed by atoms with E-state index in [0.717, 1.165) is 32.9 Å². The average molecular weight is 687 g/mol. The molecule has 0 saturated heterocycles. The van der Waals surface area contributed by atoms with Crippen LogP contribution in [0.1, 0.15) is 68.2 Å². The Hall–Kier alpha value is -5.38. The van der Waals surface area contributed by atoms with E-state index in [2.05, 4.69) is 141 Å². The molecule has 3 heteroatoms. The van der Waals surface area contributed by atoms with Gasteiger partial charge in [0.15, 0.2) is 5.82 Å². The zero-order chi connectivity index (χ0) is 34.6. The van der Waals surface area contributed by atoms with Crippen LogP contribution in [-0.4, -0.2) is 9.97 Å². The number of benzene rings is 6. The van der Waals surface area contributed by atoms with Crippen molar-refractivity contribution in [1.29, 1.82) is 0 Å². The van der Waals surface area contributed by atoms with Gasteiger partial charge in [-0.15, -0.1) is 11.3 Å². The van der Waals surface area contributed by atoms with Crippen LogP contribution in [0.15, 0.2) is 133 Å². The first-order valence-corrected chi connectivity index (χ1v) is 19.6. The molecule has 1 fully saturated rings. The van der Waals surface area contributed by atoms with E-state index in [1.165, 1.54) is 92.3 Å². The largest absolute Gasteiger partial charge is 0.226 e. The molecule has 3 aliphatic carbocycles. The molecule has 0 atom stereocenters. The van der Waals surface area contributed by atoms with Crippen molar-refractivity contribution in [2.45, 2.75) is 56.8 Å². The summed E-state index contributed by atoms with van der Waals surface area (Å²) in [5.74, 6) is 0.767. The Morgan fingerprint density at radius 3 is 2.10 bits per heavy atom. The normalized spacial score (nSPS) is 16.2. The number of aromatic nitrogens is 2. The zero-order valence-electron chi connectivity index (χ0n) is 29.5. The van der Waals surface area contributed by atoms with E-state index >= 15 is 0 Å². The molecule has 1 spiro atoms. The molecule has 250 valence electrons. The summed E-state index contributed by atoms with van der Waals surface area (Å²) in [6.45, 7) is 4.82. The van der Waals surface area contributed by atoms with Crippen molar-refractivity contribution >= 4 is 31.6 Å². The lowest BCUT2D eigenvalue weighted by molar-refractivity contribution is 0.353. The first-order valence-electron chi connectivity index (χ1n) is 18.8. The molecule has 0 radical (unpaired) electrons. The van der Waals surface area contributed by atoms with Gasteiger partial charge in [-0.05, 0) is 92.7 Å². The van der Waals surface area contributed by atoms with Crippen LogP contribution < -0.4 is 0 Å². The van der Waals surface area contributed by atoms with Gasteiger partial charge in [0.2, 0.25) is 0 Å². The molecular weight excluding hydrogens is 649 g/mol. The quantitative estimate of drug-likeness (QED) is 0.185. The minimum Gasteiger partial charge on any atom is -0.226 e. The number of fused-ring (bicyclic) bond motifs is 11. The summed E-state index contributed by atoms with van der Waals surface area (Å²) in [5.41, 5.74) is 18.5. The Kier molecular flexibility index (Phi) is 6.44. The van der Waals surface area contributed by atoms with Crippen LogP contribution in [0.25, 0.3) is 76.3 Å². The van der Waals surface area contributed by atoms with Gasteiger partial charge in [-0.3, -0.25) is 0 Å². The van der Waals surface area contributed by atoms with E-state index in [-0.39, 0.29) is 10.8 Å². The maximum atomic E-state index is 5.32. The van der Waals surface area contributed by atoms with Gasteiger partial charge in [-0.1, -0.05) is 142 Å². The molecular formula is C49H38N2S. The predicted molar refractivity (Wildman–Crippen MR) is 218 cm³/mol. The van der Waals surface area contributed by atoms with Crippen molar-refractivity contribution in [3.63, 3.8) is 0 Å². The third-order valence-electron chi connectivity index (χ3n) is 12.5. The molecule has 0 N–H and O–H groups in total. The van der Waals surface area contributed by atoms with Crippen LogP contribution >= 0.6 is 11.3 Å². The van der Waals surface area contributed by atoms with E-state index in [1.807, 2.05) is 6.07 Å². The van der Waals surface area contributed by atoms with Crippen LogP contribution in [0.4, 0.5) is 0 Å². The lowest BCUT2D eigenvalue weighted by Crippen LogP contribution is -2.28. The van der Waals surface area contributed by atoms with Gasteiger partial charge in [0.05, 0.1) is 15.9 Å². The highest BCUT2D eigenvalue weighted by Crippen LogP contribution is 2.61. The highest BCUT2D eigenvalue weighted by molar-refractivity contribution is 7.26. The summed E-state index contributed by atoms with van der Waals surface area (Å²) < 4.78 is 2.38. The maximum absolute atomic E-state index is 5.32. The molecule has 2 aromatic heterocycles. The van der Waals surface area contributed by atoms with Crippen molar-refractivity contribution < 1.29 is 0 Å². The Balaban J connectivity index is 1.14. The molecule has 8 aromatic rings. The lowest BCUT2D eigenvalue weighted by atomic mass is 9.67. The van der Waals surface area contributed by atoms with Gasteiger partial charge >= 0.3 is 0 Å². The minimum atomic E-state index is -0.0443. The van der Waals surface area contributed by atoms with Crippen LogP contribution in [0.2, 0.25) is 0 Å². The van der Waals surface area contributed by atoms with Gasteiger partial charge < -0.3 is 0 Å². The molecule has 1 saturated carbocycles. The fourth-order valence-electron chi connectivity index (χ4n) is 10.0. The summed E-state index contributed by atoms with van der Waals surface area (Å²) in [7, 11) is 0. The number of hydrogen-bond acceptors (Lipinski definition) is 3. The molecule has 2 heterocycles. The van der Waals surface area contributed by atoms with Crippen molar-refractivity contribution in [3.05, 3.63) is 156 Å². The number of hydrogen-bond donors (Lipinski definition) is 0. The molecule has 0 unspecified atom stereocenters. The topological polar surface area (TPSA) is 25.8 Å². The van der Waals surface area contributed by atoms with Gasteiger partial charge in [-0.2, -0.15) is 0 Å². The summed E-state index contributed by atoms with van der Waals surface area (Å²) in [5, 5.41) is 1.19. The van der Waals surface area contributed by atoms with Gasteiger partial charge in [0.25, 0.3) is 0 Å². The predicted octanol–water partition coefficient (Wildman–Crippen LogP) is 13.4. The highest BCUT2D eigenvalue weighted by atomic mass is 32.1. The highest BCUT2D eigenvalue weighted by Gasteiger charge is 2.47. The Labute approximate surface area is 308 Å². The van der Waals surface area contributed by atoms with Crippen LogP contribution in [-0.2, 0) is 10.8 Å². The van der Waals surface area contributed by atoms with Crippen LogP contribution in [0, 0.1) is 0 Å². The molecule has 6 aromatic carbocycles. The average Bonchev–Trinajstić information content (AvgIpc) is 3.78. The van der Waals surface area contributed by atoms with Gasteiger partial charge in [0.1, 0.15) is 0 Å². The fourth-order valence-corrected chi connectivity index (χ4v) is 11.2. The smallest absolute Gasteiger partial charge is 0.160 e. The minimum absolute atomic E-state index is 0.0443. The van der Waals surface area contributed by atoms with E-state index in [9.17, 15) is 0 Å². The van der Waals surface area contributed by atoms with Crippen molar-refractivity contribution in [2.75, 3.05) is 0 Å². The van der Waals surface area contributed by atoms with Crippen molar-refractivity contribution in [3.8, 4) is 56.0 Å². The molecule has 2 nitrogen and oxygen atoms in total. The summed E-state index contributed by atoms with van der Waals surface area (Å²) in [6.07, 6.45) is 6.31. The SMILES string of the molecule is CC1(C)c2ccccc2-c2cc3c(cc21)-c1c(-c2cccc(-c4nc(-c5ccccc5)nc5c4sc4ccccc45)c2)cccc1C31CCCCC1. The van der Waals surface area contributed by atoms with Crippen LogP contribution in [0.3, 0.4) is 0 Å². The second-order valence-electron chi connectivity index (χ2n) is 15.6. The number of rotatable bonds is 3. The molecule has 11 rings (SSSR count). The standard InChI is InChI=1S/C49H38N2S/c1-48(2)38-22-9-7-19-34(38)36-28-41-37(29-40(36)48)43-33(21-14-23-39(43)49(41)25-11-4-12-26-49)31-17-13-18-32(27-31)44-46-45(35-20-8-10-24-42(35)52-46)51-47(50-44)30-15-5-3-6-16-30/h3,5-10,13-24,27-29H,4,11-12,25-26H2,1-2H3. The third-order valence-corrected chi connectivity index (χ3v) is 13.7. The fraction of sp³-hybridized carbons (Fsp3) is 0.184. The zero-order valence-corrected chi connectivity index (χ0v) is 30.4. The Bertz CT molecular complexity index is 2750. The van der Waals surface area contributed by atoms with E-state index in [4.69, 9.17) is 9.97 Å². The Morgan fingerprint density at radius 2 is 1.21 bits per heavy atom. The van der Waals surface area contributed by atoms with E-state index in [0.29, 0.717) is 0 Å². The third kappa shape index (κ3) is 4.17. The van der Waals surface area contributed by atoms with Gasteiger partial charge in [0, 0.05) is 32.0 Å². The summed E-state index contributed by atoms with van der Waals surface area (Å²) >= 11 is 1.80. The molecule has 0 amide bonds. The summed E-state index contributed by atoms with van der Waals surface area (Å²) in [6, 6.07) is 49.6. The molecule has 52 heavy (non-hydrogen) atoms. The van der Waals surface area contributed by atoms with Crippen molar-refractivity contribution in [2.24, 2.45) is 0 Å². The van der Waals surface area contributed by atoms with Gasteiger partial charge in [-0.25, -0.2) is 9.97 Å². The molecule has 0 aliphatic heterocycles. The van der Waals surface area contributed by atoms with Crippen LogP contribution in [0.5, 0.6) is 0 Å².